The van der Waals surface area contributed by atoms with Crippen LogP contribution in [0, 0.1) is 0 Å². The normalized spacial score (nSPS) is 28.3. The summed E-state index contributed by atoms with van der Waals surface area (Å²) in [7, 11) is 0. The molecule has 6 nitrogen and oxygen atoms in total. The Bertz CT molecular complexity index is 619. The Morgan fingerprint density at radius 2 is 2.39 bits per heavy atom. The highest BCUT2D eigenvalue weighted by atomic mass is 16.5. The van der Waals surface area contributed by atoms with Crippen molar-refractivity contribution in [2.75, 3.05) is 25.0 Å². The van der Waals surface area contributed by atoms with Gasteiger partial charge in [0, 0.05) is 25.4 Å². The van der Waals surface area contributed by atoms with Gasteiger partial charge in [0.1, 0.15) is 11.6 Å². The lowest BCUT2D eigenvalue weighted by Gasteiger charge is -2.39. The zero-order valence-electron chi connectivity index (χ0n) is 13.1. The summed E-state index contributed by atoms with van der Waals surface area (Å²) in [5.41, 5.74) is -0.0370. The van der Waals surface area contributed by atoms with Crippen LogP contribution in [0.2, 0.25) is 0 Å². The third kappa shape index (κ3) is 3.38. The molecular weight excluding hydrogens is 292 g/mol. The van der Waals surface area contributed by atoms with Gasteiger partial charge in [0.2, 0.25) is 0 Å². The van der Waals surface area contributed by atoms with E-state index in [1.165, 1.54) is 6.42 Å². The highest BCUT2D eigenvalue weighted by molar-refractivity contribution is 5.32. The highest BCUT2D eigenvalue weighted by Gasteiger charge is 2.43. The summed E-state index contributed by atoms with van der Waals surface area (Å²) in [6.45, 7) is 3.66. The molecule has 6 heteroatoms. The monoisotopic (exact) mass is 314 g/mol. The summed E-state index contributed by atoms with van der Waals surface area (Å²) in [4.78, 5) is 10.8. The molecule has 2 aliphatic rings. The fourth-order valence-corrected chi connectivity index (χ4v) is 3.75. The second-order valence-corrected chi connectivity index (χ2v) is 6.52. The minimum atomic E-state index is -0.0370. The molecule has 2 aromatic rings. The summed E-state index contributed by atoms with van der Waals surface area (Å²) in [6, 6.07) is 4.28. The molecule has 0 unspecified atom stereocenters. The van der Waals surface area contributed by atoms with Gasteiger partial charge in [-0.15, -0.1) is 0 Å². The minimum absolute atomic E-state index is 0.0370. The lowest BCUT2D eigenvalue weighted by molar-refractivity contribution is -0.0544. The van der Waals surface area contributed by atoms with Gasteiger partial charge in [-0.2, -0.15) is 0 Å². The summed E-state index contributed by atoms with van der Waals surface area (Å²) >= 11 is 0. The zero-order valence-corrected chi connectivity index (χ0v) is 13.1. The molecule has 4 rings (SSSR count). The number of likely N-dealkylation sites (tertiary alicyclic amines) is 1. The van der Waals surface area contributed by atoms with Crippen LogP contribution in [0.15, 0.2) is 41.4 Å². The maximum Gasteiger partial charge on any atom is 0.144 e. The average molecular weight is 314 g/mol. The molecule has 1 spiro atoms. The molecule has 1 N–H and O–H groups in total. The fraction of sp³-hybridized carbons (Fsp3) is 0.529. The molecule has 0 aromatic carbocycles. The van der Waals surface area contributed by atoms with E-state index in [-0.39, 0.29) is 5.60 Å². The van der Waals surface area contributed by atoms with Gasteiger partial charge in [0.15, 0.2) is 0 Å². The van der Waals surface area contributed by atoms with Gasteiger partial charge in [-0.25, -0.2) is 4.98 Å². The quantitative estimate of drug-likeness (QED) is 0.934. The summed E-state index contributed by atoms with van der Waals surface area (Å²) in [5, 5.41) is 3.44. The number of aromatic nitrogens is 2. The predicted molar refractivity (Wildman–Crippen MR) is 86.0 cm³/mol. The highest BCUT2D eigenvalue weighted by Crippen LogP contribution is 2.36. The van der Waals surface area contributed by atoms with Crippen LogP contribution in [0.1, 0.15) is 25.0 Å². The predicted octanol–water partition coefficient (Wildman–Crippen LogP) is 2.31. The van der Waals surface area contributed by atoms with Crippen molar-refractivity contribution in [2.24, 2.45) is 0 Å². The van der Waals surface area contributed by atoms with Gasteiger partial charge in [-0.1, -0.05) is 0 Å². The van der Waals surface area contributed by atoms with Gasteiger partial charge >= 0.3 is 0 Å². The van der Waals surface area contributed by atoms with Gasteiger partial charge in [-0.3, -0.25) is 9.88 Å². The number of nitrogens with zero attached hydrogens (tertiary/aromatic N) is 3. The average Bonchev–Trinajstić information content (AvgIpc) is 3.19. The van der Waals surface area contributed by atoms with Crippen molar-refractivity contribution in [3.8, 4) is 0 Å². The molecule has 0 radical (unpaired) electrons. The maximum absolute atomic E-state index is 6.23. The summed E-state index contributed by atoms with van der Waals surface area (Å²) < 4.78 is 11.7. The Morgan fingerprint density at radius 3 is 3.22 bits per heavy atom. The molecule has 0 bridgehead atoms. The number of ether oxygens (including phenoxy) is 1. The largest absolute Gasteiger partial charge is 0.468 e. The number of furan rings is 1. The number of anilines is 1. The van der Waals surface area contributed by atoms with Crippen molar-refractivity contribution < 1.29 is 9.15 Å². The smallest absolute Gasteiger partial charge is 0.144 e. The molecule has 2 aromatic heterocycles. The molecular formula is C17H22N4O2. The molecule has 0 amide bonds. The summed E-state index contributed by atoms with van der Waals surface area (Å²) in [5.74, 6) is 1.84. The van der Waals surface area contributed by atoms with Crippen molar-refractivity contribution in [3.05, 3.63) is 42.7 Å². The van der Waals surface area contributed by atoms with Crippen LogP contribution >= 0.6 is 0 Å². The van der Waals surface area contributed by atoms with Crippen molar-refractivity contribution in [2.45, 2.75) is 37.5 Å². The number of hydrogen-bond acceptors (Lipinski definition) is 6. The number of nitrogens with one attached hydrogen (secondary N) is 1. The molecule has 2 aliphatic heterocycles. The van der Waals surface area contributed by atoms with Crippen molar-refractivity contribution in [1.82, 2.24) is 14.9 Å². The lowest BCUT2D eigenvalue weighted by Crippen LogP contribution is -2.47. The first-order valence-corrected chi connectivity index (χ1v) is 8.23. The molecule has 2 saturated heterocycles. The van der Waals surface area contributed by atoms with E-state index in [9.17, 15) is 0 Å². The van der Waals surface area contributed by atoms with Crippen LogP contribution in [0.3, 0.4) is 0 Å². The van der Waals surface area contributed by atoms with Gasteiger partial charge < -0.3 is 14.5 Å². The van der Waals surface area contributed by atoms with Crippen LogP contribution in [0.4, 0.5) is 5.82 Å². The Balaban J connectivity index is 1.37. The first-order chi connectivity index (χ1) is 11.3. The van der Waals surface area contributed by atoms with Crippen molar-refractivity contribution in [3.63, 3.8) is 0 Å². The Labute approximate surface area is 135 Å². The minimum Gasteiger partial charge on any atom is -0.468 e. The molecule has 0 saturated carbocycles. The van der Waals surface area contributed by atoms with E-state index in [0.29, 0.717) is 6.04 Å². The topological polar surface area (TPSA) is 63.4 Å². The van der Waals surface area contributed by atoms with E-state index in [0.717, 1.165) is 50.7 Å². The molecule has 2 fully saturated rings. The second-order valence-electron chi connectivity index (χ2n) is 6.52. The Morgan fingerprint density at radius 1 is 1.39 bits per heavy atom. The Hall–Kier alpha value is -1.92. The van der Waals surface area contributed by atoms with Crippen LogP contribution in [0.5, 0.6) is 0 Å². The van der Waals surface area contributed by atoms with Crippen molar-refractivity contribution >= 4 is 5.82 Å². The van der Waals surface area contributed by atoms with E-state index in [1.54, 1.807) is 24.9 Å². The Kier molecular flexibility index (Phi) is 4.01. The van der Waals surface area contributed by atoms with E-state index in [1.807, 2.05) is 12.1 Å². The van der Waals surface area contributed by atoms with E-state index in [2.05, 4.69) is 20.2 Å². The van der Waals surface area contributed by atoms with Gasteiger partial charge in [-0.05, 0) is 31.5 Å². The van der Waals surface area contributed by atoms with Crippen LogP contribution in [-0.4, -0.2) is 46.2 Å². The van der Waals surface area contributed by atoms with Gasteiger partial charge in [0.25, 0.3) is 0 Å². The number of rotatable bonds is 4. The van der Waals surface area contributed by atoms with E-state index < -0.39 is 0 Å². The molecule has 23 heavy (non-hydrogen) atoms. The third-order valence-corrected chi connectivity index (χ3v) is 4.70. The number of piperidine rings is 1. The maximum atomic E-state index is 6.23. The van der Waals surface area contributed by atoms with Crippen molar-refractivity contribution in [1.29, 1.82) is 0 Å². The first-order valence-electron chi connectivity index (χ1n) is 8.23. The second kappa shape index (κ2) is 6.29. The fourth-order valence-electron chi connectivity index (χ4n) is 3.75. The van der Waals surface area contributed by atoms with E-state index in [4.69, 9.17) is 9.15 Å². The standard InChI is InChI=1S/C17H22N4O2/c1-3-15(22-8-1)11-21-7-2-4-17(13-21)9-14(12-23-17)20-16-10-18-5-6-19-16/h1,3,5-6,8,10,14H,2,4,7,9,11-13H2,(H,19,20)/t14-,17-/m1/s1. The zero-order chi connectivity index (χ0) is 15.5. The van der Waals surface area contributed by atoms with Crippen LogP contribution < -0.4 is 5.32 Å². The molecule has 2 atom stereocenters. The molecule has 4 heterocycles. The molecule has 0 aliphatic carbocycles. The SMILES string of the molecule is c1coc(CN2CCC[C@@]3(C[C@@H](Nc4cnccn4)CO3)C2)c1. The first kappa shape index (κ1) is 14.7. The van der Waals surface area contributed by atoms with Gasteiger partial charge in [0.05, 0.1) is 37.3 Å². The third-order valence-electron chi connectivity index (χ3n) is 4.70. The van der Waals surface area contributed by atoms with Crippen LogP contribution in [-0.2, 0) is 11.3 Å². The lowest BCUT2D eigenvalue weighted by atomic mass is 9.88. The van der Waals surface area contributed by atoms with Crippen LogP contribution in [0.25, 0.3) is 0 Å². The summed E-state index contributed by atoms with van der Waals surface area (Å²) in [6.07, 6.45) is 10.2. The molecule has 122 valence electrons. The number of hydrogen-bond donors (Lipinski definition) is 1. The van der Waals surface area contributed by atoms with E-state index >= 15 is 0 Å².